The summed E-state index contributed by atoms with van der Waals surface area (Å²) in [6, 6.07) is 7.46. The lowest BCUT2D eigenvalue weighted by Crippen LogP contribution is -2.24. The van der Waals surface area contributed by atoms with E-state index in [1.165, 1.54) is 6.08 Å². The number of anilines is 1. The number of carbonyl (C=O) groups excluding carboxylic acids is 2. The van der Waals surface area contributed by atoms with Gasteiger partial charge >= 0.3 is 0 Å². The molecule has 1 aromatic carbocycles. The third kappa shape index (κ3) is 5.35. The predicted molar refractivity (Wildman–Crippen MR) is 114 cm³/mol. The normalized spacial score (nSPS) is 13.3. The van der Waals surface area contributed by atoms with Crippen LogP contribution in [0, 0.1) is 0 Å². The Morgan fingerprint density at radius 3 is 2.93 bits per heavy atom. The molecule has 0 fully saturated rings. The number of para-hydroxylation sites is 1. The number of hydrogen-bond donors (Lipinski definition) is 1. The number of benzene rings is 1. The van der Waals surface area contributed by atoms with Crippen molar-refractivity contribution in [1.82, 2.24) is 9.88 Å². The van der Waals surface area contributed by atoms with Gasteiger partial charge in [0.15, 0.2) is 0 Å². The van der Waals surface area contributed by atoms with Gasteiger partial charge in [0.05, 0.1) is 11.1 Å². The van der Waals surface area contributed by atoms with E-state index in [0.717, 1.165) is 16.7 Å². The lowest BCUT2D eigenvalue weighted by molar-refractivity contribution is -0.125. The zero-order valence-electron chi connectivity index (χ0n) is 16.7. The Labute approximate surface area is 175 Å². The molecule has 0 unspecified atom stereocenters. The Hall–Kier alpha value is -2.86. The summed E-state index contributed by atoms with van der Waals surface area (Å²) in [5, 5.41) is 3.28. The molecule has 0 saturated carbocycles. The second kappa shape index (κ2) is 9.09. The van der Waals surface area contributed by atoms with Gasteiger partial charge in [0, 0.05) is 37.8 Å². The average Bonchev–Trinajstić information content (AvgIpc) is 2.68. The highest BCUT2D eigenvalue weighted by molar-refractivity contribution is 6.32. The van der Waals surface area contributed by atoms with Crippen molar-refractivity contribution in [3.05, 3.63) is 58.3 Å². The summed E-state index contributed by atoms with van der Waals surface area (Å²) < 4.78 is 5.82. The number of aryl methyl sites for hydroxylation is 1. The summed E-state index contributed by atoms with van der Waals surface area (Å²) in [7, 11) is 1.73. The number of rotatable bonds is 6. The lowest BCUT2D eigenvalue weighted by atomic mass is 10.0. The minimum atomic E-state index is -0.147. The third-order valence-corrected chi connectivity index (χ3v) is 4.77. The summed E-state index contributed by atoms with van der Waals surface area (Å²) in [4.78, 5) is 29.8. The molecule has 1 aliphatic rings. The van der Waals surface area contributed by atoms with E-state index in [0.29, 0.717) is 36.0 Å². The Morgan fingerprint density at radius 2 is 2.17 bits per heavy atom. The van der Waals surface area contributed by atoms with Gasteiger partial charge in [-0.3, -0.25) is 9.59 Å². The zero-order valence-corrected chi connectivity index (χ0v) is 17.5. The number of nitrogens with zero attached hydrogens (tertiary/aromatic N) is 2. The number of pyridine rings is 1. The van der Waals surface area contributed by atoms with Crippen LogP contribution in [-0.4, -0.2) is 34.8 Å². The van der Waals surface area contributed by atoms with Crippen LogP contribution in [0.4, 0.5) is 5.82 Å². The molecular formula is C22H24ClN3O3. The highest BCUT2D eigenvalue weighted by atomic mass is 35.5. The maximum Gasteiger partial charge on any atom is 0.246 e. The van der Waals surface area contributed by atoms with Gasteiger partial charge in [-0.1, -0.05) is 23.7 Å². The van der Waals surface area contributed by atoms with Crippen LogP contribution in [0.5, 0.6) is 5.75 Å². The average molecular weight is 414 g/mol. The van der Waals surface area contributed by atoms with Gasteiger partial charge in [0.25, 0.3) is 0 Å². The highest BCUT2D eigenvalue weighted by Gasteiger charge is 2.16. The number of halogens is 1. The van der Waals surface area contributed by atoms with Crippen molar-refractivity contribution >= 4 is 35.3 Å². The minimum absolute atomic E-state index is 0.0177. The summed E-state index contributed by atoms with van der Waals surface area (Å²) in [5.41, 5.74) is 2.64. The number of ether oxygens (including phenoxy) is 1. The molecule has 0 spiro atoms. The smallest absolute Gasteiger partial charge is 0.246 e. The van der Waals surface area contributed by atoms with Crippen LogP contribution in [0.2, 0.25) is 5.02 Å². The Kier molecular flexibility index (Phi) is 6.54. The van der Waals surface area contributed by atoms with E-state index >= 15 is 0 Å². The van der Waals surface area contributed by atoms with E-state index in [9.17, 15) is 9.59 Å². The second-order valence-electron chi connectivity index (χ2n) is 7.25. The lowest BCUT2D eigenvalue weighted by Gasteiger charge is -2.20. The molecule has 0 aliphatic carbocycles. The van der Waals surface area contributed by atoms with Crippen LogP contribution in [0.25, 0.3) is 6.08 Å². The first-order valence-electron chi connectivity index (χ1n) is 9.49. The van der Waals surface area contributed by atoms with Crippen molar-refractivity contribution in [2.45, 2.75) is 39.3 Å². The number of likely N-dealkylation sites (N-methyl/N-ethyl adjacent to an activating group) is 1. The Balaban J connectivity index is 1.69. The van der Waals surface area contributed by atoms with Crippen molar-refractivity contribution in [3.8, 4) is 5.75 Å². The molecule has 3 rings (SSSR count). The summed E-state index contributed by atoms with van der Waals surface area (Å²) in [6.07, 6.45) is 5.96. The van der Waals surface area contributed by atoms with Crippen molar-refractivity contribution in [1.29, 1.82) is 0 Å². The van der Waals surface area contributed by atoms with Gasteiger partial charge in [-0.15, -0.1) is 0 Å². The molecule has 0 saturated heterocycles. The second-order valence-corrected chi connectivity index (χ2v) is 7.65. The first-order chi connectivity index (χ1) is 13.8. The molecule has 2 aromatic rings. The first-order valence-corrected chi connectivity index (χ1v) is 9.87. The highest BCUT2D eigenvalue weighted by Crippen LogP contribution is 2.30. The van der Waals surface area contributed by atoms with Crippen LogP contribution in [0.15, 0.2) is 36.5 Å². The Morgan fingerprint density at radius 1 is 1.38 bits per heavy atom. The van der Waals surface area contributed by atoms with Crippen LogP contribution in [0.1, 0.15) is 37.0 Å². The molecule has 1 aliphatic heterocycles. The van der Waals surface area contributed by atoms with Crippen LogP contribution in [-0.2, 0) is 22.6 Å². The molecule has 1 N–H and O–H groups in total. The molecule has 29 heavy (non-hydrogen) atoms. The number of aromatic nitrogens is 1. The van der Waals surface area contributed by atoms with Crippen LogP contribution in [0.3, 0.4) is 0 Å². The fourth-order valence-corrected chi connectivity index (χ4v) is 3.28. The molecule has 1 aromatic heterocycles. The van der Waals surface area contributed by atoms with Crippen molar-refractivity contribution in [2.75, 3.05) is 12.4 Å². The molecule has 0 radical (unpaired) electrons. The maximum absolute atomic E-state index is 12.6. The third-order valence-electron chi connectivity index (χ3n) is 4.47. The summed E-state index contributed by atoms with van der Waals surface area (Å²) in [5.74, 6) is 1.03. The molecule has 6 nitrogen and oxygen atoms in total. The van der Waals surface area contributed by atoms with E-state index in [2.05, 4.69) is 10.3 Å². The number of fused-ring (bicyclic) bond motifs is 1. The number of carbonyl (C=O) groups is 2. The number of nitrogens with one attached hydrogen (secondary N) is 1. The molecule has 2 heterocycles. The SMILES string of the molecule is CC(C)Oc1c(Cl)cccc1CN(C)C(=O)C=Cc1cnc2c(c1)CCC(=O)N2. The largest absolute Gasteiger partial charge is 0.489 e. The van der Waals surface area contributed by atoms with Gasteiger partial charge < -0.3 is 15.0 Å². The van der Waals surface area contributed by atoms with E-state index in [1.54, 1.807) is 30.3 Å². The van der Waals surface area contributed by atoms with Gasteiger partial charge in [-0.25, -0.2) is 4.98 Å². The van der Waals surface area contributed by atoms with E-state index in [1.807, 2.05) is 32.0 Å². The number of amides is 2. The predicted octanol–water partition coefficient (Wildman–Crippen LogP) is 4.08. The fourth-order valence-electron chi connectivity index (χ4n) is 3.04. The van der Waals surface area contributed by atoms with E-state index in [4.69, 9.17) is 16.3 Å². The van der Waals surface area contributed by atoms with E-state index in [-0.39, 0.29) is 17.9 Å². The first kappa shape index (κ1) is 20.9. The monoisotopic (exact) mass is 413 g/mol. The molecule has 7 heteroatoms. The van der Waals surface area contributed by atoms with E-state index < -0.39 is 0 Å². The van der Waals surface area contributed by atoms with Crippen molar-refractivity contribution in [2.24, 2.45) is 0 Å². The molecule has 0 bridgehead atoms. The minimum Gasteiger partial charge on any atom is -0.489 e. The Bertz CT molecular complexity index is 956. The molecule has 152 valence electrons. The number of hydrogen-bond acceptors (Lipinski definition) is 4. The van der Waals surface area contributed by atoms with Gasteiger partial charge in [-0.05, 0) is 49.6 Å². The summed E-state index contributed by atoms with van der Waals surface area (Å²) in [6.45, 7) is 4.24. The van der Waals surface area contributed by atoms with Gasteiger partial charge in [0.1, 0.15) is 11.6 Å². The maximum atomic E-state index is 12.6. The van der Waals surface area contributed by atoms with Crippen molar-refractivity contribution in [3.63, 3.8) is 0 Å². The van der Waals surface area contributed by atoms with Gasteiger partial charge in [0.2, 0.25) is 11.8 Å². The zero-order chi connectivity index (χ0) is 21.0. The quantitative estimate of drug-likeness (QED) is 0.724. The molecular weight excluding hydrogens is 390 g/mol. The van der Waals surface area contributed by atoms with Crippen LogP contribution >= 0.6 is 11.6 Å². The molecule has 0 atom stereocenters. The topological polar surface area (TPSA) is 71.5 Å². The standard InChI is InChI=1S/C22H24ClN3O3/c1-14(2)29-21-17(5-4-6-18(21)23)13-26(3)20(28)10-7-15-11-16-8-9-19(27)25-22(16)24-12-15/h4-7,10-12,14H,8-9,13H2,1-3H3,(H,24,25,27). The van der Waals surface area contributed by atoms with Crippen molar-refractivity contribution < 1.29 is 14.3 Å². The summed E-state index contributed by atoms with van der Waals surface area (Å²) >= 11 is 6.27. The molecule has 2 amide bonds. The fraction of sp³-hybridized carbons (Fsp3) is 0.318. The van der Waals surface area contributed by atoms with Gasteiger partial charge in [-0.2, -0.15) is 0 Å². The van der Waals surface area contributed by atoms with Crippen LogP contribution < -0.4 is 10.1 Å².